The van der Waals surface area contributed by atoms with Crippen LogP contribution in [0.4, 0.5) is 0 Å². The van der Waals surface area contributed by atoms with Crippen molar-refractivity contribution in [3.8, 4) is 0 Å². The molecule has 442 valence electrons. The van der Waals surface area contributed by atoms with Gasteiger partial charge in [0.05, 0.1) is 50.2 Å². The van der Waals surface area contributed by atoms with E-state index < -0.39 is 177 Å². The summed E-state index contributed by atoms with van der Waals surface area (Å²) < 4.78 is 48.6. The third-order valence-electron chi connectivity index (χ3n) is 21.2. The van der Waals surface area contributed by atoms with Gasteiger partial charge in [-0.2, -0.15) is 0 Å². The van der Waals surface area contributed by atoms with Crippen molar-refractivity contribution in [3.63, 3.8) is 0 Å². The Bertz CT molecular complexity index is 2130. The molecule has 1 unspecified atom stereocenters. The molecule has 8 fully saturated rings. The number of carboxylic acids is 1. The third-order valence-corrected chi connectivity index (χ3v) is 21.2. The zero-order valence-corrected chi connectivity index (χ0v) is 44.9. The molecule has 24 nitrogen and oxygen atoms in total. The molecule has 5 aliphatic carbocycles. The van der Waals surface area contributed by atoms with Gasteiger partial charge in [0.1, 0.15) is 85.5 Å². The van der Waals surface area contributed by atoms with Crippen LogP contribution in [0.1, 0.15) is 99.8 Å². The lowest BCUT2D eigenvalue weighted by Gasteiger charge is -2.72. The van der Waals surface area contributed by atoms with E-state index in [0.29, 0.717) is 44.9 Å². The Hall–Kier alpha value is -1.67. The SMILES string of the molecule is CC1(C)C[C@H](O)[C@]2(CO)[C@H](O)C[C@]3(C)C(=CC[C@@H]4[C@@]5(C)CC[C@H](O[C@@H]6O[C@H](C(=O)O)[C@@H](O)[C@H](O[C@@H]7OC[C@H](O)[C@H](O)[C@H]7O[C@@H]7O[C@H](CO)[C@@H](O)[C@H](O)[C@H]7O)[C@H]6O[C@@H]6O[C@H](CO)[C@H](O)[C@H](O)[C@H]6O)C(C)(C)C5CC[C@]43C)[C@@H]2C1. The molecular weight excluding hydrogens is 1020 g/mol. The smallest absolute Gasteiger partial charge is 0.335 e. The summed E-state index contributed by atoms with van der Waals surface area (Å²) in [4.78, 5) is 13.1. The number of hydrogen-bond acceptors (Lipinski definition) is 23. The van der Waals surface area contributed by atoms with Crippen molar-refractivity contribution >= 4 is 5.97 Å². The molecule has 77 heavy (non-hydrogen) atoms. The molecule has 0 aromatic carbocycles. The van der Waals surface area contributed by atoms with Gasteiger partial charge >= 0.3 is 5.97 Å². The lowest BCUT2D eigenvalue weighted by Crippen LogP contribution is -2.70. The van der Waals surface area contributed by atoms with Crippen LogP contribution in [0.5, 0.6) is 0 Å². The normalized spacial score (nSPS) is 54.5. The minimum atomic E-state index is -2.21. The largest absolute Gasteiger partial charge is 0.479 e. The maximum absolute atomic E-state index is 13.1. The number of aliphatic hydroxyl groups is 14. The molecule has 4 aliphatic heterocycles. The molecule has 29 atom stereocenters. The quantitative estimate of drug-likeness (QED) is 0.0689. The minimum Gasteiger partial charge on any atom is -0.479 e. The second-order valence-corrected chi connectivity index (χ2v) is 26.1. The molecule has 0 bridgehead atoms. The first-order chi connectivity index (χ1) is 36.0. The molecule has 0 spiro atoms. The highest BCUT2D eigenvalue weighted by molar-refractivity contribution is 5.73. The first-order valence-corrected chi connectivity index (χ1v) is 27.4. The van der Waals surface area contributed by atoms with Crippen molar-refractivity contribution in [1.29, 1.82) is 0 Å². The Morgan fingerprint density at radius 1 is 0.597 bits per heavy atom. The van der Waals surface area contributed by atoms with Crippen LogP contribution in [0.3, 0.4) is 0 Å². The van der Waals surface area contributed by atoms with Crippen LogP contribution in [-0.2, 0) is 42.7 Å². The second kappa shape index (κ2) is 21.5. The predicted molar refractivity (Wildman–Crippen MR) is 260 cm³/mol. The lowest BCUT2D eigenvalue weighted by molar-refractivity contribution is -0.401. The topological polar surface area (TPSA) is 394 Å². The van der Waals surface area contributed by atoms with Gasteiger partial charge in [0, 0.05) is 0 Å². The number of fused-ring (bicyclic) bond motifs is 7. The van der Waals surface area contributed by atoms with Crippen LogP contribution in [0.15, 0.2) is 11.6 Å². The number of aliphatic hydroxyl groups excluding tert-OH is 14. The van der Waals surface area contributed by atoms with E-state index in [-0.39, 0.29) is 40.6 Å². The highest BCUT2D eigenvalue weighted by Crippen LogP contribution is 2.76. The molecule has 0 radical (unpaired) electrons. The van der Waals surface area contributed by atoms with Gasteiger partial charge in [0.2, 0.25) is 0 Å². The minimum absolute atomic E-state index is 0.0453. The Balaban J connectivity index is 1.03. The maximum Gasteiger partial charge on any atom is 0.335 e. The molecule has 9 rings (SSSR count). The molecule has 4 heterocycles. The zero-order chi connectivity index (χ0) is 56.4. The molecule has 15 N–H and O–H groups in total. The monoisotopic (exact) mass is 1110 g/mol. The van der Waals surface area contributed by atoms with Crippen molar-refractivity contribution in [3.05, 3.63) is 11.6 Å². The van der Waals surface area contributed by atoms with Crippen LogP contribution in [-0.4, -0.2) is 244 Å². The maximum atomic E-state index is 13.1. The summed E-state index contributed by atoms with van der Waals surface area (Å²) in [7, 11) is 0. The third kappa shape index (κ3) is 9.59. The number of aliphatic carboxylic acids is 1. The average molecular weight is 1110 g/mol. The van der Waals surface area contributed by atoms with Gasteiger partial charge in [-0.1, -0.05) is 60.1 Å². The number of allylic oxidation sites excluding steroid dienone is 2. The highest BCUT2D eigenvalue weighted by Gasteiger charge is 2.72. The average Bonchev–Trinajstić information content (AvgIpc) is 3.52. The van der Waals surface area contributed by atoms with Crippen LogP contribution < -0.4 is 0 Å². The van der Waals surface area contributed by atoms with Gasteiger partial charge in [-0.15, -0.1) is 0 Å². The van der Waals surface area contributed by atoms with Gasteiger partial charge in [-0.25, -0.2) is 4.79 Å². The van der Waals surface area contributed by atoms with E-state index in [1.165, 1.54) is 5.57 Å². The van der Waals surface area contributed by atoms with Crippen LogP contribution in [0.25, 0.3) is 0 Å². The number of rotatable bonds is 12. The fourth-order valence-electron chi connectivity index (χ4n) is 16.6. The van der Waals surface area contributed by atoms with E-state index in [0.717, 1.165) is 6.42 Å². The first kappa shape index (κ1) is 59.9. The molecule has 4 saturated carbocycles. The second-order valence-electron chi connectivity index (χ2n) is 26.1. The number of hydrogen-bond donors (Lipinski definition) is 15. The number of carboxylic acid groups (broad SMARTS) is 1. The summed E-state index contributed by atoms with van der Waals surface area (Å²) in [5.41, 5.74) is -2.00. The van der Waals surface area contributed by atoms with E-state index in [9.17, 15) is 81.4 Å². The molecule has 0 aromatic rings. The Morgan fingerprint density at radius 2 is 1.17 bits per heavy atom. The van der Waals surface area contributed by atoms with Crippen LogP contribution in [0.2, 0.25) is 0 Å². The first-order valence-electron chi connectivity index (χ1n) is 27.4. The Kier molecular flexibility index (Phi) is 16.7. The number of ether oxygens (including phenoxy) is 8. The summed E-state index contributed by atoms with van der Waals surface area (Å²) in [6, 6.07) is 0. The lowest BCUT2D eigenvalue weighted by atomic mass is 9.33. The van der Waals surface area contributed by atoms with Gasteiger partial charge in [-0.3, -0.25) is 0 Å². The predicted octanol–water partition coefficient (Wildman–Crippen LogP) is -2.89. The van der Waals surface area contributed by atoms with Gasteiger partial charge in [0.15, 0.2) is 31.3 Å². The van der Waals surface area contributed by atoms with E-state index >= 15 is 0 Å². The van der Waals surface area contributed by atoms with Crippen LogP contribution >= 0.6 is 0 Å². The molecule has 0 aromatic heterocycles. The standard InChI is InChI=1S/C53H86O24/c1-48(2)14-22-21-8-9-27-50(5)12-11-30(49(3,4)26(50)10-13-51(27,6)52(21,7)16-29(59)53(22,20-56)28(58)15-48)73-47-42(77-45-37(66)35(64)33(62)25(18-55)72-45)39(38(67)40(75-47)43(68)69)74-46-41(31(60)23(57)19-70-46)76-44-36(65)34(63)32(61)24(17-54)71-44/h8,22-42,44-47,54-67H,9-20H2,1-7H3,(H,68,69)/t22-,23-,24+,25+,26?,27+,28-,29+,30-,31-,32+,33-,34-,35-,36+,37+,38-,39-,40-,41+,42+,44-,45-,46-,47+,50-,51+,52+,53+/m0/s1. The fourth-order valence-corrected chi connectivity index (χ4v) is 16.6. The Labute approximate surface area is 447 Å². The molecule has 4 saturated heterocycles. The van der Waals surface area contributed by atoms with E-state index in [4.69, 9.17) is 37.9 Å². The Morgan fingerprint density at radius 3 is 1.74 bits per heavy atom. The van der Waals surface area contributed by atoms with E-state index in [1.807, 2.05) is 0 Å². The fraction of sp³-hybridized carbons (Fsp3) is 0.943. The van der Waals surface area contributed by atoms with Crippen molar-refractivity contribution in [2.45, 2.75) is 235 Å². The molecule has 0 amide bonds. The van der Waals surface area contributed by atoms with Crippen molar-refractivity contribution in [2.24, 2.45) is 50.2 Å². The summed E-state index contributed by atoms with van der Waals surface area (Å²) >= 11 is 0. The van der Waals surface area contributed by atoms with Crippen molar-refractivity contribution in [2.75, 3.05) is 26.4 Å². The van der Waals surface area contributed by atoms with E-state index in [2.05, 4.69) is 54.5 Å². The van der Waals surface area contributed by atoms with E-state index in [1.54, 1.807) is 0 Å². The molecule has 24 heteroatoms. The molecule has 9 aliphatic rings. The summed E-state index contributed by atoms with van der Waals surface area (Å²) in [5, 5.41) is 164. The van der Waals surface area contributed by atoms with Gasteiger partial charge in [-0.05, 0) is 96.2 Å². The highest BCUT2D eigenvalue weighted by atomic mass is 16.8. The van der Waals surface area contributed by atoms with Crippen molar-refractivity contribution in [1.82, 2.24) is 0 Å². The van der Waals surface area contributed by atoms with Crippen LogP contribution in [0, 0.1) is 50.2 Å². The van der Waals surface area contributed by atoms with Gasteiger partial charge < -0.3 is 114 Å². The van der Waals surface area contributed by atoms with Crippen molar-refractivity contribution < 1.29 is 119 Å². The number of carbonyl (C=O) groups is 1. The summed E-state index contributed by atoms with van der Waals surface area (Å²) in [6.07, 6.45) is -31.4. The summed E-state index contributed by atoms with van der Waals surface area (Å²) in [5.74, 6) is -1.87. The zero-order valence-electron chi connectivity index (χ0n) is 44.9. The summed E-state index contributed by atoms with van der Waals surface area (Å²) in [6.45, 7) is 12.6. The van der Waals surface area contributed by atoms with Gasteiger partial charge in [0.25, 0.3) is 0 Å². The molecular formula is C53H86O24.